The van der Waals surface area contributed by atoms with Gasteiger partial charge in [-0.25, -0.2) is 0 Å². The molecule has 0 amide bonds. The quantitative estimate of drug-likeness (QED) is 0.149. The molecule has 2 aliphatic heterocycles. The fraction of sp³-hybridized carbons (Fsp3) is 0.400. The van der Waals surface area contributed by atoms with Crippen LogP contribution in [0.2, 0.25) is 0 Å². The molecule has 3 heterocycles. The summed E-state index contributed by atoms with van der Waals surface area (Å²) in [4.78, 5) is 3.87. The Morgan fingerprint density at radius 2 is 1.65 bits per heavy atom. The van der Waals surface area contributed by atoms with Crippen molar-refractivity contribution in [2.75, 3.05) is 31.2 Å². The topological polar surface area (TPSA) is 106 Å². The Bertz CT molecular complexity index is 1640. The summed E-state index contributed by atoms with van der Waals surface area (Å²) in [6.45, 7) is 8.23. The van der Waals surface area contributed by atoms with E-state index in [9.17, 15) is 29.0 Å². The van der Waals surface area contributed by atoms with Gasteiger partial charge in [-0.3, -0.25) is 0 Å². The maximum atomic E-state index is 14.1. The van der Waals surface area contributed by atoms with E-state index in [1.807, 2.05) is 24.3 Å². The number of nitrogens with zero attached hydrogens (tertiary/aromatic N) is 4. The van der Waals surface area contributed by atoms with E-state index in [2.05, 4.69) is 30.9 Å². The van der Waals surface area contributed by atoms with Gasteiger partial charge in [-0.2, -0.15) is 29.0 Å². The van der Waals surface area contributed by atoms with Gasteiger partial charge < -0.3 is 19.1 Å². The molecule has 0 radical (unpaired) electrons. The molecular formula is C35H35F3N4O3S. The second kappa shape index (κ2) is 15.2. The van der Waals surface area contributed by atoms with Crippen molar-refractivity contribution in [2.24, 2.45) is 0 Å². The number of ether oxygens (including phenoxy) is 3. The van der Waals surface area contributed by atoms with Crippen LogP contribution in [0.5, 0.6) is 5.75 Å². The van der Waals surface area contributed by atoms with Crippen molar-refractivity contribution < 1.29 is 27.4 Å². The maximum absolute atomic E-state index is 14.1. The van der Waals surface area contributed by atoms with E-state index in [0.29, 0.717) is 18.1 Å². The van der Waals surface area contributed by atoms with Crippen LogP contribution in [0, 0.1) is 34.0 Å². The molecule has 4 rings (SSSR count). The smallest absolute Gasteiger partial charge is 0.432 e. The van der Waals surface area contributed by atoms with Crippen molar-refractivity contribution in [1.29, 1.82) is 15.8 Å². The summed E-state index contributed by atoms with van der Waals surface area (Å²) in [6.07, 6.45) is 6.08. The Balaban J connectivity index is 1.60. The first kappa shape index (κ1) is 34.4. The van der Waals surface area contributed by atoms with Crippen LogP contribution < -0.4 is 9.64 Å². The highest BCUT2D eigenvalue weighted by atomic mass is 32.1. The third-order valence-electron chi connectivity index (χ3n) is 7.66. The SMILES string of the molecule is CCCCN(CCCC)c1ccc(/C=C/c2ccc(/C=C/C3=C(C#N)C(=C(C#N)C#N)OC3(C)C(F)(F)F)s2)c(OCC2CO2)c1. The van der Waals surface area contributed by atoms with Crippen molar-refractivity contribution in [2.45, 2.75) is 64.3 Å². The highest BCUT2D eigenvalue weighted by molar-refractivity contribution is 7.13. The Morgan fingerprint density at radius 1 is 1.02 bits per heavy atom. The van der Waals surface area contributed by atoms with Crippen molar-refractivity contribution in [3.8, 4) is 24.0 Å². The molecule has 0 bridgehead atoms. The fourth-order valence-corrected chi connectivity index (χ4v) is 5.64. The Kier molecular flexibility index (Phi) is 11.4. The first-order chi connectivity index (χ1) is 22.1. The van der Waals surface area contributed by atoms with Gasteiger partial charge in [0.1, 0.15) is 42.2 Å². The van der Waals surface area contributed by atoms with Crippen LogP contribution in [-0.4, -0.2) is 44.2 Å². The number of thiophene rings is 1. The van der Waals surface area contributed by atoms with Crippen LogP contribution in [0.15, 0.2) is 58.9 Å². The van der Waals surface area contributed by atoms with Gasteiger partial charge in [0.2, 0.25) is 5.60 Å². The van der Waals surface area contributed by atoms with Gasteiger partial charge in [-0.05, 0) is 62.3 Å². The summed E-state index contributed by atoms with van der Waals surface area (Å²) in [5.41, 5.74) is -2.58. The van der Waals surface area contributed by atoms with E-state index in [0.717, 1.165) is 73.7 Å². The number of anilines is 1. The molecule has 1 aromatic carbocycles. The number of rotatable bonds is 14. The summed E-state index contributed by atoms with van der Waals surface area (Å²) < 4.78 is 59.0. The number of epoxide rings is 1. The largest absolute Gasteiger partial charge is 0.490 e. The Hall–Kier alpha value is -4.50. The summed E-state index contributed by atoms with van der Waals surface area (Å²) in [7, 11) is 0. The van der Waals surface area contributed by atoms with Gasteiger partial charge >= 0.3 is 6.18 Å². The molecule has 46 heavy (non-hydrogen) atoms. The number of unbranched alkanes of at least 4 members (excludes halogenated alkanes) is 2. The minimum Gasteiger partial charge on any atom is -0.490 e. The first-order valence-corrected chi connectivity index (χ1v) is 15.9. The summed E-state index contributed by atoms with van der Waals surface area (Å²) in [5, 5.41) is 28.1. The summed E-state index contributed by atoms with van der Waals surface area (Å²) in [5.74, 6) is 0.0819. The Labute approximate surface area is 271 Å². The minimum atomic E-state index is -4.92. The second-order valence-corrected chi connectivity index (χ2v) is 12.2. The third kappa shape index (κ3) is 8.01. The van der Waals surface area contributed by atoms with Crippen molar-refractivity contribution in [3.63, 3.8) is 0 Å². The molecule has 0 aliphatic carbocycles. The molecule has 0 N–H and O–H groups in total. The van der Waals surface area contributed by atoms with Gasteiger partial charge in [-0.1, -0.05) is 32.8 Å². The molecule has 2 aromatic rings. The number of benzene rings is 1. The fourth-order valence-electron chi connectivity index (χ4n) is 4.82. The molecule has 240 valence electrons. The molecule has 7 nitrogen and oxygen atoms in total. The van der Waals surface area contributed by atoms with E-state index >= 15 is 0 Å². The Morgan fingerprint density at radius 3 is 2.20 bits per heavy atom. The van der Waals surface area contributed by atoms with Crippen molar-refractivity contribution >= 4 is 35.3 Å². The predicted molar refractivity (Wildman–Crippen MR) is 172 cm³/mol. The molecule has 11 heteroatoms. The van der Waals surface area contributed by atoms with Crippen LogP contribution in [0.1, 0.15) is 61.8 Å². The zero-order valence-corrected chi connectivity index (χ0v) is 26.8. The monoisotopic (exact) mass is 648 g/mol. The van der Waals surface area contributed by atoms with Crippen LogP contribution in [0.4, 0.5) is 18.9 Å². The van der Waals surface area contributed by atoms with E-state index in [1.54, 1.807) is 12.1 Å². The molecule has 1 saturated heterocycles. The molecule has 0 saturated carbocycles. The lowest BCUT2D eigenvalue weighted by atomic mass is 9.92. The van der Waals surface area contributed by atoms with Crippen LogP contribution >= 0.6 is 11.3 Å². The zero-order chi connectivity index (χ0) is 33.3. The van der Waals surface area contributed by atoms with Gasteiger partial charge in [0.05, 0.1) is 6.61 Å². The summed E-state index contributed by atoms with van der Waals surface area (Å²) in [6, 6.07) is 14.5. The molecular weight excluding hydrogens is 613 g/mol. The van der Waals surface area contributed by atoms with Gasteiger partial charge in [0.15, 0.2) is 11.3 Å². The van der Waals surface area contributed by atoms with Gasteiger partial charge in [-0.15, -0.1) is 11.3 Å². The number of hydrogen-bond donors (Lipinski definition) is 0. The zero-order valence-electron chi connectivity index (χ0n) is 26.0. The highest BCUT2D eigenvalue weighted by Gasteiger charge is 2.60. The molecule has 2 unspecified atom stereocenters. The van der Waals surface area contributed by atoms with Gasteiger partial charge in [0, 0.05) is 45.7 Å². The third-order valence-corrected chi connectivity index (χ3v) is 8.68. The second-order valence-electron chi connectivity index (χ2n) is 11.1. The first-order valence-electron chi connectivity index (χ1n) is 15.1. The van der Waals surface area contributed by atoms with E-state index in [1.165, 1.54) is 29.6 Å². The number of allylic oxidation sites excluding steroid dienone is 2. The van der Waals surface area contributed by atoms with Crippen molar-refractivity contribution in [3.05, 3.63) is 74.2 Å². The molecule has 2 atom stereocenters. The van der Waals surface area contributed by atoms with Crippen LogP contribution in [0.25, 0.3) is 18.2 Å². The van der Waals surface area contributed by atoms with Crippen molar-refractivity contribution in [1.82, 2.24) is 0 Å². The van der Waals surface area contributed by atoms with Crippen LogP contribution in [-0.2, 0) is 9.47 Å². The van der Waals surface area contributed by atoms with E-state index < -0.39 is 34.3 Å². The highest BCUT2D eigenvalue weighted by Crippen LogP contribution is 2.49. The van der Waals surface area contributed by atoms with E-state index in [4.69, 9.17) is 14.2 Å². The number of nitriles is 3. The predicted octanol–water partition coefficient (Wildman–Crippen LogP) is 8.59. The lowest BCUT2D eigenvalue weighted by molar-refractivity contribution is -0.236. The molecule has 2 aliphatic rings. The normalized spacial score (nSPS) is 19.2. The molecule has 1 aromatic heterocycles. The van der Waals surface area contributed by atoms with E-state index in [-0.39, 0.29) is 6.10 Å². The number of hydrogen-bond acceptors (Lipinski definition) is 8. The van der Waals surface area contributed by atoms with Crippen LogP contribution in [0.3, 0.4) is 0 Å². The standard InChI is InChI=1S/C35H35F3N4O3S/c1-4-6-16-42(17-7-5-2)26-10-8-24(32(18-26)44-23-27-22-43-27)9-11-28-12-13-29(46-28)14-15-31-30(21-41)33(25(19-39)20-40)45-34(31,3)35(36,37)38/h8-15,18,27H,4-7,16-17,22-23H2,1-3H3/b11-9+,15-14+. The number of halogens is 3. The molecule has 0 spiro atoms. The minimum absolute atomic E-state index is 0.0995. The van der Waals surface area contributed by atoms with Gasteiger partial charge in [0.25, 0.3) is 0 Å². The maximum Gasteiger partial charge on any atom is 0.432 e. The lowest BCUT2D eigenvalue weighted by Gasteiger charge is -2.28. The average molecular weight is 649 g/mol. The molecule has 1 fully saturated rings. The number of alkyl halides is 3. The average Bonchev–Trinajstić information content (AvgIpc) is 3.68. The lowest BCUT2D eigenvalue weighted by Crippen LogP contribution is -2.43. The summed E-state index contributed by atoms with van der Waals surface area (Å²) >= 11 is 1.34.